The van der Waals surface area contributed by atoms with Crippen molar-refractivity contribution in [3.8, 4) is 0 Å². The molecule has 0 aliphatic carbocycles. The van der Waals surface area contributed by atoms with E-state index in [9.17, 15) is 9.59 Å². The minimum absolute atomic E-state index is 0.180. The zero-order valence-electron chi connectivity index (χ0n) is 18.4. The quantitative estimate of drug-likeness (QED) is 0.347. The largest absolute Gasteiger partial charge is 0.462 e. The van der Waals surface area contributed by atoms with Gasteiger partial charge < -0.3 is 18.9 Å². The first-order valence-corrected chi connectivity index (χ1v) is 11.3. The van der Waals surface area contributed by atoms with Crippen LogP contribution in [-0.2, 0) is 25.4 Å². The number of aryl methyl sites for hydroxylation is 1. The van der Waals surface area contributed by atoms with Crippen LogP contribution in [0.5, 0.6) is 0 Å². The van der Waals surface area contributed by atoms with Crippen molar-refractivity contribution in [2.45, 2.75) is 90.1 Å². The Bertz CT molecular complexity index is 730. The van der Waals surface area contributed by atoms with E-state index in [4.69, 9.17) is 18.9 Å². The smallest absolute Gasteiger partial charge is 0.339 e. The third-order valence-electron chi connectivity index (χ3n) is 5.79. The molecule has 0 radical (unpaired) electrons. The van der Waals surface area contributed by atoms with Gasteiger partial charge in [-0.3, -0.25) is 0 Å². The number of carbonyl (C=O) groups excluding carboxylic acids is 2. The van der Waals surface area contributed by atoms with Gasteiger partial charge in [0.05, 0.1) is 48.8 Å². The van der Waals surface area contributed by atoms with Crippen molar-refractivity contribution in [3.63, 3.8) is 0 Å². The molecule has 0 bridgehead atoms. The van der Waals surface area contributed by atoms with E-state index in [-0.39, 0.29) is 48.8 Å². The van der Waals surface area contributed by atoms with E-state index in [0.717, 1.165) is 37.7 Å². The zero-order valence-corrected chi connectivity index (χ0v) is 18.4. The van der Waals surface area contributed by atoms with Crippen LogP contribution in [0.2, 0.25) is 0 Å². The van der Waals surface area contributed by atoms with Gasteiger partial charge in [-0.05, 0) is 43.4 Å². The van der Waals surface area contributed by atoms with Gasteiger partial charge in [0.15, 0.2) is 0 Å². The number of hydrogen-bond acceptors (Lipinski definition) is 6. The number of epoxide rings is 2. The van der Waals surface area contributed by atoms with Crippen molar-refractivity contribution in [2.24, 2.45) is 0 Å². The highest BCUT2D eigenvalue weighted by molar-refractivity contribution is 6.03. The lowest BCUT2D eigenvalue weighted by atomic mass is 10.0. The average molecular weight is 419 g/mol. The van der Waals surface area contributed by atoms with Crippen molar-refractivity contribution >= 4 is 11.9 Å². The predicted octanol–water partition coefficient (Wildman–Crippen LogP) is 4.48. The maximum Gasteiger partial charge on any atom is 0.339 e. The van der Waals surface area contributed by atoms with E-state index in [2.05, 4.69) is 20.8 Å². The zero-order chi connectivity index (χ0) is 21.5. The van der Waals surface area contributed by atoms with Crippen LogP contribution in [0.4, 0.5) is 0 Å². The molecule has 1 aromatic rings. The van der Waals surface area contributed by atoms with Crippen molar-refractivity contribution in [1.29, 1.82) is 0 Å². The lowest BCUT2D eigenvalue weighted by Gasteiger charge is -2.11. The Morgan fingerprint density at radius 3 is 1.90 bits per heavy atom. The first-order chi connectivity index (χ1) is 14.6. The highest BCUT2D eigenvalue weighted by Gasteiger charge is 2.37. The Hall–Kier alpha value is -1.92. The third kappa shape index (κ3) is 6.29. The van der Waals surface area contributed by atoms with Gasteiger partial charge in [-0.2, -0.15) is 0 Å². The summed E-state index contributed by atoms with van der Waals surface area (Å²) in [7, 11) is 0. The SMILES string of the molecule is CCCCc1ccc(C(=O)OCCC2OC2CC)c(C(=O)OCCC2OC2CC)c1. The molecule has 166 valence electrons. The summed E-state index contributed by atoms with van der Waals surface area (Å²) >= 11 is 0. The lowest BCUT2D eigenvalue weighted by Crippen LogP contribution is -2.16. The maximum absolute atomic E-state index is 12.7. The molecule has 0 aromatic heterocycles. The van der Waals surface area contributed by atoms with E-state index in [1.54, 1.807) is 12.1 Å². The number of benzene rings is 1. The van der Waals surface area contributed by atoms with Gasteiger partial charge in [0.2, 0.25) is 0 Å². The fourth-order valence-electron chi connectivity index (χ4n) is 3.75. The normalized spacial score (nSPS) is 24.4. The van der Waals surface area contributed by atoms with Crippen LogP contribution in [0.15, 0.2) is 18.2 Å². The molecular formula is C24H34O6. The van der Waals surface area contributed by atoms with Crippen LogP contribution in [0.25, 0.3) is 0 Å². The Morgan fingerprint density at radius 2 is 1.40 bits per heavy atom. The lowest BCUT2D eigenvalue weighted by molar-refractivity contribution is 0.0445. The van der Waals surface area contributed by atoms with Crippen LogP contribution < -0.4 is 0 Å². The van der Waals surface area contributed by atoms with Gasteiger partial charge in [0.25, 0.3) is 0 Å². The Morgan fingerprint density at radius 1 is 0.833 bits per heavy atom. The highest BCUT2D eigenvalue weighted by Crippen LogP contribution is 2.29. The van der Waals surface area contributed by atoms with Gasteiger partial charge in [0.1, 0.15) is 0 Å². The second kappa shape index (κ2) is 10.9. The van der Waals surface area contributed by atoms with E-state index in [0.29, 0.717) is 12.8 Å². The minimum atomic E-state index is -0.491. The number of unbranched alkanes of at least 4 members (excludes halogenated alkanes) is 1. The number of hydrogen-bond donors (Lipinski definition) is 0. The number of esters is 2. The molecule has 3 rings (SSSR count). The fourth-order valence-corrected chi connectivity index (χ4v) is 3.75. The van der Waals surface area contributed by atoms with Gasteiger partial charge in [-0.25, -0.2) is 9.59 Å². The van der Waals surface area contributed by atoms with Crippen molar-refractivity contribution in [1.82, 2.24) is 0 Å². The molecule has 2 saturated heterocycles. The number of rotatable bonds is 13. The molecule has 2 aliphatic heterocycles. The maximum atomic E-state index is 12.7. The average Bonchev–Trinajstić information content (AvgIpc) is 3.67. The summed E-state index contributed by atoms with van der Waals surface area (Å²) in [4.78, 5) is 25.4. The molecule has 0 amide bonds. The van der Waals surface area contributed by atoms with Gasteiger partial charge >= 0.3 is 11.9 Å². The Balaban J connectivity index is 1.58. The summed E-state index contributed by atoms with van der Waals surface area (Å²) in [5, 5.41) is 0. The van der Waals surface area contributed by atoms with Crippen LogP contribution in [0.1, 0.15) is 85.6 Å². The third-order valence-corrected chi connectivity index (χ3v) is 5.79. The molecule has 2 aliphatic rings. The molecule has 6 nitrogen and oxygen atoms in total. The molecule has 4 atom stereocenters. The van der Waals surface area contributed by atoms with Crippen molar-refractivity contribution < 1.29 is 28.5 Å². The fraction of sp³-hybridized carbons (Fsp3) is 0.667. The van der Waals surface area contributed by atoms with Gasteiger partial charge in [-0.15, -0.1) is 0 Å². The van der Waals surface area contributed by atoms with Crippen LogP contribution in [0.3, 0.4) is 0 Å². The molecule has 1 aromatic carbocycles. The van der Waals surface area contributed by atoms with Crippen molar-refractivity contribution in [3.05, 3.63) is 34.9 Å². The van der Waals surface area contributed by atoms with E-state index in [1.165, 1.54) is 0 Å². The topological polar surface area (TPSA) is 77.7 Å². The summed E-state index contributed by atoms with van der Waals surface area (Å²) in [6.45, 7) is 6.84. The Kier molecular flexibility index (Phi) is 8.28. The molecule has 0 saturated carbocycles. The van der Waals surface area contributed by atoms with E-state index >= 15 is 0 Å². The van der Waals surface area contributed by atoms with Crippen LogP contribution in [-0.4, -0.2) is 49.6 Å². The predicted molar refractivity (Wildman–Crippen MR) is 113 cm³/mol. The van der Waals surface area contributed by atoms with Crippen LogP contribution >= 0.6 is 0 Å². The minimum Gasteiger partial charge on any atom is -0.462 e. The summed E-state index contributed by atoms with van der Waals surface area (Å²) < 4.78 is 21.8. The summed E-state index contributed by atoms with van der Waals surface area (Å²) in [6, 6.07) is 5.35. The number of ether oxygens (including phenoxy) is 4. The standard InChI is InChI=1S/C24H34O6/c1-4-7-8-16-9-10-17(23(25)27-13-11-21-19(5-2)29-21)18(15-16)24(26)28-14-12-22-20(6-3)30-22/h9-10,15,19-22H,4-8,11-14H2,1-3H3. The summed E-state index contributed by atoms with van der Waals surface area (Å²) in [5.74, 6) is -0.972. The molecule has 4 unspecified atom stereocenters. The molecule has 6 heteroatoms. The first kappa shape index (κ1) is 22.8. The molecular weight excluding hydrogens is 384 g/mol. The van der Waals surface area contributed by atoms with E-state index < -0.39 is 11.9 Å². The molecule has 30 heavy (non-hydrogen) atoms. The molecule has 2 heterocycles. The van der Waals surface area contributed by atoms with Crippen molar-refractivity contribution in [2.75, 3.05) is 13.2 Å². The van der Waals surface area contributed by atoms with Gasteiger partial charge in [-0.1, -0.05) is 33.3 Å². The Labute approximate surface area is 179 Å². The second-order valence-electron chi connectivity index (χ2n) is 8.08. The second-order valence-corrected chi connectivity index (χ2v) is 8.08. The molecule has 0 spiro atoms. The monoisotopic (exact) mass is 418 g/mol. The summed E-state index contributed by atoms with van der Waals surface area (Å²) in [5.41, 5.74) is 1.57. The summed E-state index contributed by atoms with van der Waals surface area (Å²) in [6.07, 6.45) is 7.18. The molecule has 0 N–H and O–H groups in total. The van der Waals surface area contributed by atoms with E-state index in [1.807, 2.05) is 6.07 Å². The highest BCUT2D eigenvalue weighted by atomic mass is 16.6. The first-order valence-electron chi connectivity index (χ1n) is 11.3. The van der Waals surface area contributed by atoms with Gasteiger partial charge in [0, 0.05) is 12.8 Å². The van der Waals surface area contributed by atoms with Crippen LogP contribution in [0, 0.1) is 0 Å². The number of carbonyl (C=O) groups is 2. The molecule has 2 fully saturated rings.